The van der Waals surface area contributed by atoms with Crippen LogP contribution in [-0.4, -0.2) is 66.2 Å². The highest BCUT2D eigenvalue weighted by Gasteiger charge is 2.39. The maximum absolute atomic E-state index is 13.9. The van der Waals surface area contributed by atoms with Gasteiger partial charge < -0.3 is 37.9 Å². The van der Waals surface area contributed by atoms with Gasteiger partial charge in [-0.05, 0) is 70.7 Å². The Labute approximate surface area is 292 Å². The topological polar surface area (TPSA) is 163 Å². The fraction of sp³-hybridized carbons (Fsp3) is 0.457. The number of aryl methyl sites for hydroxylation is 2. The van der Waals surface area contributed by atoms with Crippen LogP contribution < -0.4 is 16.3 Å². The molecule has 4 aromatic rings. The third-order valence-electron chi connectivity index (χ3n) is 8.33. The number of anilines is 1. The van der Waals surface area contributed by atoms with E-state index in [4.69, 9.17) is 33.3 Å². The maximum atomic E-state index is 13.9. The standard InChI is InChI=1S/C35H46N4O9P2/c1-6-45-49(41,46-7-2)30-16-12-25(18-31(30)50(42,47-8-3)48-9-4)13-17-32(40)44-22-28-19-27(21-43-28)39-20-29(26-14-10-24(5)11-15-26)33-34(36)37-23-38-35(33)39/h10-12,14-16,18,20,23,27-28H,6-9,13,17,19,21-22H2,1-5H3,(H2,36,37,38). The Morgan fingerprint density at radius 3 is 2.20 bits per heavy atom. The summed E-state index contributed by atoms with van der Waals surface area (Å²) in [5.74, 6) is -0.00459. The smallest absolute Gasteiger partial charge is 0.362 e. The summed E-state index contributed by atoms with van der Waals surface area (Å²) in [4.78, 5) is 21.7. The van der Waals surface area contributed by atoms with Gasteiger partial charge in [-0.1, -0.05) is 35.9 Å². The summed E-state index contributed by atoms with van der Waals surface area (Å²) in [7, 11) is -7.75. The fourth-order valence-electron chi connectivity index (χ4n) is 6.05. The Morgan fingerprint density at radius 2 is 1.56 bits per heavy atom. The van der Waals surface area contributed by atoms with E-state index in [0.717, 1.165) is 27.7 Å². The highest BCUT2D eigenvalue weighted by Crippen LogP contribution is 2.53. The van der Waals surface area contributed by atoms with Gasteiger partial charge >= 0.3 is 21.2 Å². The minimum Gasteiger partial charge on any atom is -0.463 e. The Balaban J connectivity index is 1.25. The minimum atomic E-state index is -3.90. The molecule has 2 N–H and O–H groups in total. The summed E-state index contributed by atoms with van der Waals surface area (Å²) in [6.07, 6.45) is 4.13. The van der Waals surface area contributed by atoms with E-state index in [1.807, 2.05) is 13.1 Å². The second kappa shape index (κ2) is 16.7. The van der Waals surface area contributed by atoms with E-state index in [9.17, 15) is 13.9 Å². The van der Waals surface area contributed by atoms with Crippen molar-refractivity contribution in [3.63, 3.8) is 0 Å². The van der Waals surface area contributed by atoms with Crippen LogP contribution in [0.15, 0.2) is 55.0 Å². The number of aromatic nitrogens is 3. The van der Waals surface area contributed by atoms with Gasteiger partial charge in [0.15, 0.2) is 0 Å². The zero-order chi connectivity index (χ0) is 35.9. The minimum absolute atomic E-state index is 0.0395. The first kappa shape index (κ1) is 37.8. The molecule has 0 amide bonds. The van der Waals surface area contributed by atoms with Gasteiger partial charge in [-0.3, -0.25) is 13.9 Å². The number of hydrogen-bond acceptors (Lipinski definition) is 12. The van der Waals surface area contributed by atoms with Crippen LogP contribution in [0.25, 0.3) is 22.2 Å². The summed E-state index contributed by atoms with van der Waals surface area (Å²) in [5, 5.41) is 0.999. The third kappa shape index (κ3) is 8.37. The number of carbonyl (C=O) groups excluding carboxylic acids is 1. The molecular weight excluding hydrogens is 682 g/mol. The van der Waals surface area contributed by atoms with Gasteiger partial charge in [0.1, 0.15) is 24.4 Å². The molecule has 1 aliphatic rings. The molecule has 5 rings (SSSR count). The van der Waals surface area contributed by atoms with Gasteiger partial charge in [-0.25, -0.2) is 9.97 Å². The molecule has 50 heavy (non-hydrogen) atoms. The molecule has 1 aliphatic heterocycles. The van der Waals surface area contributed by atoms with Crippen molar-refractivity contribution < 1.29 is 41.5 Å². The predicted molar refractivity (Wildman–Crippen MR) is 192 cm³/mol. The number of hydrogen-bond donors (Lipinski definition) is 1. The molecule has 0 radical (unpaired) electrons. The molecule has 3 heterocycles. The van der Waals surface area contributed by atoms with Crippen LogP contribution >= 0.6 is 15.2 Å². The fourth-order valence-corrected chi connectivity index (χ4v) is 10.1. The molecule has 0 saturated carbocycles. The number of carbonyl (C=O) groups is 1. The van der Waals surface area contributed by atoms with Crippen molar-refractivity contribution in [1.82, 2.24) is 14.5 Å². The van der Waals surface area contributed by atoms with Crippen molar-refractivity contribution in [2.75, 3.05) is 45.4 Å². The van der Waals surface area contributed by atoms with Gasteiger partial charge in [-0.2, -0.15) is 0 Å². The van der Waals surface area contributed by atoms with E-state index >= 15 is 0 Å². The van der Waals surface area contributed by atoms with E-state index in [-0.39, 0.29) is 68.6 Å². The van der Waals surface area contributed by atoms with Crippen LogP contribution in [0.2, 0.25) is 0 Å². The summed E-state index contributed by atoms with van der Waals surface area (Å²) >= 11 is 0. The molecule has 1 fully saturated rings. The first-order chi connectivity index (χ1) is 24.1. The van der Waals surface area contributed by atoms with Crippen molar-refractivity contribution in [3.05, 3.63) is 66.1 Å². The van der Waals surface area contributed by atoms with Crippen LogP contribution in [0.5, 0.6) is 0 Å². The number of esters is 1. The molecule has 0 bridgehead atoms. The lowest BCUT2D eigenvalue weighted by Crippen LogP contribution is -2.29. The highest BCUT2D eigenvalue weighted by molar-refractivity contribution is 7.68. The maximum Gasteiger partial charge on any atom is 0.362 e. The first-order valence-corrected chi connectivity index (χ1v) is 20.0. The first-order valence-electron chi connectivity index (χ1n) is 16.9. The quantitative estimate of drug-likeness (QED) is 0.0958. The monoisotopic (exact) mass is 728 g/mol. The second-order valence-electron chi connectivity index (χ2n) is 11.8. The molecule has 2 aromatic heterocycles. The van der Waals surface area contributed by atoms with Crippen LogP contribution in [0.4, 0.5) is 5.82 Å². The second-order valence-corrected chi connectivity index (χ2v) is 15.8. The lowest BCUT2D eigenvalue weighted by molar-refractivity contribution is -0.146. The van der Waals surface area contributed by atoms with E-state index < -0.39 is 21.2 Å². The van der Waals surface area contributed by atoms with Gasteiger partial charge in [0.25, 0.3) is 0 Å². The molecule has 2 atom stereocenters. The molecule has 1 saturated heterocycles. The molecule has 270 valence electrons. The Hall–Kier alpha value is -3.41. The van der Waals surface area contributed by atoms with E-state index in [1.165, 1.54) is 6.33 Å². The van der Waals surface area contributed by atoms with Crippen LogP contribution in [0.1, 0.15) is 57.7 Å². The molecule has 15 heteroatoms. The molecule has 2 unspecified atom stereocenters. The molecular formula is C35H46N4O9P2. The van der Waals surface area contributed by atoms with E-state index in [0.29, 0.717) is 24.4 Å². The molecule has 2 aromatic carbocycles. The molecule has 13 nitrogen and oxygen atoms in total. The zero-order valence-electron chi connectivity index (χ0n) is 29.2. The van der Waals surface area contributed by atoms with Crippen molar-refractivity contribution in [2.45, 2.75) is 66.0 Å². The van der Waals surface area contributed by atoms with Gasteiger partial charge in [0, 0.05) is 18.2 Å². The summed E-state index contributed by atoms with van der Waals surface area (Å²) in [6.45, 7) is 9.76. The number of fused-ring (bicyclic) bond motifs is 1. The number of rotatable bonds is 17. The average molecular weight is 729 g/mol. The van der Waals surface area contributed by atoms with Crippen LogP contribution in [0.3, 0.4) is 0 Å². The van der Waals surface area contributed by atoms with Crippen molar-refractivity contribution in [2.24, 2.45) is 0 Å². The lowest BCUT2D eigenvalue weighted by atomic mass is 10.0. The SMILES string of the molecule is CCOP(=O)(OCC)c1ccc(CCC(=O)OCC2CC(n3cc(-c4ccc(C)cc4)c4c(N)ncnc43)CO2)cc1P(=O)(OCC)OCC. The Kier molecular flexibility index (Phi) is 12.7. The average Bonchev–Trinajstić information content (AvgIpc) is 3.73. The third-order valence-corrected chi connectivity index (χ3v) is 12.8. The summed E-state index contributed by atoms with van der Waals surface area (Å²) in [5.41, 5.74) is 10.8. The Bertz CT molecular complexity index is 1860. The highest BCUT2D eigenvalue weighted by atomic mass is 31.2. The molecule has 0 spiro atoms. The van der Waals surface area contributed by atoms with Crippen molar-refractivity contribution in [3.8, 4) is 11.1 Å². The van der Waals surface area contributed by atoms with Gasteiger partial charge in [-0.15, -0.1) is 0 Å². The van der Waals surface area contributed by atoms with E-state index in [1.54, 1.807) is 45.9 Å². The Morgan fingerprint density at radius 1 is 0.920 bits per heavy atom. The van der Waals surface area contributed by atoms with Crippen LogP contribution in [-0.2, 0) is 47.9 Å². The van der Waals surface area contributed by atoms with Crippen molar-refractivity contribution in [1.29, 1.82) is 0 Å². The number of ether oxygens (including phenoxy) is 2. The zero-order valence-corrected chi connectivity index (χ0v) is 31.0. The van der Waals surface area contributed by atoms with Crippen LogP contribution in [0, 0.1) is 6.92 Å². The summed E-state index contributed by atoms with van der Waals surface area (Å²) in [6, 6.07) is 13.0. The summed E-state index contributed by atoms with van der Waals surface area (Å²) < 4.78 is 63.8. The number of nitrogen functional groups attached to an aromatic ring is 1. The van der Waals surface area contributed by atoms with E-state index in [2.05, 4.69) is 38.8 Å². The number of benzene rings is 2. The lowest BCUT2D eigenvalue weighted by Gasteiger charge is -2.24. The van der Waals surface area contributed by atoms with Gasteiger partial charge in [0.05, 0.1) is 61.2 Å². The number of nitrogens with two attached hydrogens (primary N) is 1. The predicted octanol–water partition coefficient (Wildman–Crippen LogP) is 6.28. The normalized spacial score (nSPS) is 16.7. The number of nitrogens with zero attached hydrogens (tertiary/aromatic N) is 3. The molecule has 0 aliphatic carbocycles. The van der Waals surface area contributed by atoms with Gasteiger partial charge in [0.2, 0.25) is 0 Å². The van der Waals surface area contributed by atoms with Crippen molar-refractivity contribution >= 4 is 48.6 Å². The largest absolute Gasteiger partial charge is 0.463 e.